The molecule has 5 rings (SSSR count). The molecular formula is C20H18FN6O3S+. The van der Waals surface area contributed by atoms with Crippen LogP contribution in [0.3, 0.4) is 0 Å². The SMILES string of the molecule is Nc1c(C(=O)Nc2c[n+](N3CCOCC3)no2)sc2nc(-c3ccc(F)cc3)ccc12. The van der Waals surface area contributed by atoms with Gasteiger partial charge in [-0.25, -0.2) is 9.37 Å². The standard InChI is InChI=1S/C20H17FN6O3S/c21-13-3-1-12(2-4-13)15-6-5-14-17(22)18(31-20(14)23-15)19(28)24-16-11-27(25-30-16)26-7-9-29-10-8-26/h1-6,11H,7-10H2,(H2-,22,24,25,28)/p+1. The average Bonchev–Trinajstić information content (AvgIpc) is 3.39. The van der Waals surface area contributed by atoms with Crippen molar-refractivity contribution in [2.45, 2.75) is 0 Å². The van der Waals surface area contributed by atoms with Gasteiger partial charge in [-0.3, -0.25) is 14.6 Å². The number of morpholine rings is 1. The molecule has 0 radical (unpaired) electrons. The molecule has 0 spiro atoms. The zero-order valence-corrected chi connectivity index (χ0v) is 17.1. The van der Waals surface area contributed by atoms with Gasteiger partial charge in [-0.05, 0) is 36.4 Å². The number of pyridine rings is 1. The van der Waals surface area contributed by atoms with E-state index < -0.39 is 5.91 Å². The fourth-order valence-corrected chi connectivity index (χ4v) is 4.29. The largest absolute Gasteiger partial charge is 0.397 e. The number of aromatic nitrogens is 3. The Labute approximate surface area is 179 Å². The average molecular weight is 441 g/mol. The molecule has 1 aromatic carbocycles. The predicted molar refractivity (Wildman–Crippen MR) is 113 cm³/mol. The molecule has 0 aliphatic carbocycles. The Morgan fingerprint density at radius 3 is 2.74 bits per heavy atom. The number of nitrogen functional groups attached to an aromatic ring is 1. The van der Waals surface area contributed by atoms with Crippen LogP contribution >= 0.6 is 11.3 Å². The number of amides is 1. The number of carbonyl (C=O) groups excluding carboxylic acids is 1. The molecule has 4 aromatic rings. The van der Waals surface area contributed by atoms with E-state index in [2.05, 4.69) is 15.6 Å². The first-order chi connectivity index (χ1) is 15.1. The zero-order valence-electron chi connectivity index (χ0n) is 16.2. The quantitative estimate of drug-likeness (QED) is 0.467. The van der Waals surface area contributed by atoms with Crippen LogP contribution < -0.4 is 20.9 Å². The van der Waals surface area contributed by atoms with Crippen molar-refractivity contribution in [1.29, 1.82) is 0 Å². The van der Waals surface area contributed by atoms with Gasteiger partial charge < -0.3 is 10.5 Å². The van der Waals surface area contributed by atoms with E-state index in [1.165, 1.54) is 23.5 Å². The maximum atomic E-state index is 13.2. The van der Waals surface area contributed by atoms with Crippen LogP contribution in [0.4, 0.5) is 16.0 Å². The predicted octanol–water partition coefficient (Wildman–Crippen LogP) is 2.18. The second-order valence-electron chi connectivity index (χ2n) is 6.91. The highest BCUT2D eigenvalue weighted by atomic mass is 32.1. The summed E-state index contributed by atoms with van der Waals surface area (Å²) in [5.74, 6) is -0.520. The lowest BCUT2D eigenvalue weighted by molar-refractivity contribution is -0.759. The van der Waals surface area contributed by atoms with Crippen LogP contribution in [0.1, 0.15) is 9.67 Å². The van der Waals surface area contributed by atoms with Crippen LogP contribution in [-0.4, -0.2) is 42.5 Å². The second-order valence-corrected chi connectivity index (χ2v) is 7.91. The third kappa shape index (κ3) is 3.80. The molecule has 158 valence electrons. The molecule has 4 heterocycles. The number of carbonyl (C=O) groups is 1. The maximum absolute atomic E-state index is 13.2. The molecule has 1 fully saturated rings. The molecule has 0 saturated carbocycles. The van der Waals surface area contributed by atoms with Gasteiger partial charge in [-0.1, -0.05) is 0 Å². The number of thiophene rings is 1. The van der Waals surface area contributed by atoms with Gasteiger partial charge >= 0.3 is 5.88 Å². The number of hydrogen-bond donors (Lipinski definition) is 2. The van der Waals surface area contributed by atoms with Gasteiger partial charge in [0.25, 0.3) is 12.1 Å². The highest BCUT2D eigenvalue weighted by molar-refractivity contribution is 7.21. The fraction of sp³-hybridized carbons (Fsp3) is 0.200. The Morgan fingerprint density at radius 2 is 1.97 bits per heavy atom. The van der Waals surface area contributed by atoms with E-state index >= 15 is 0 Å². The Bertz CT molecular complexity index is 1250. The van der Waals surface area contributed by atoms with Crippen molar-refractivity contribution < 1.29 is 23.2 Å². The highest BCUT2D eigenvalue weighted by Crippen LogP contribution is 2.34. The fourth-order valence-electron chi connectivity index (χ4n) is 3.30. The minimum Gasteiger partial charge on any atom is -0.397 e. The van der Waals surface area contributed by atoms with E-state index in [-0.39, 0.29) is 11.7 Å². The van der Waals surface area contributed by atoms with Gasteiger partial charge in [0.1, 0.15) is 15.5 Å². The molecule has 0 atom stereocenters. The first-order valence-electron chi connectivity index (χ1n) is 9.56. The summed E-state index contributed by atoms with van der Waals surface area (Å²) in [7, 11) is 0. The van der Waals surface area contributed by atoms with Crippen molar-refractivity contribution in [3.8, 4) is 11.3 Å². The maximum Gasteiger partial charge on any atom is 0.306 e. The number of nitrogens with one attached hydrogen (secondary N) is 1. The van der Waals surface area contributed by atoms with E-state index in [1.807, 2.05) is 11.1 Å². The van der Waals surface area contributed by atoms with Crippen molar-refractivity contribution in [3.05, 3.63) is 53.3 Å². The van der Waals surface area contributed by atoms with Gasteiger partial charge in [0.15, 0.2) is 0 Å². The third-order valence-corrected chi connectivity index (χ3v) is 6.02. The van der Waals surface area contributed by atoms with Crippen molar-refractivity contribution in [3.63, 3.8) is 0 Å². The summed E-state index contributed by atoms with van der Waals surface area (Å²) in [5.41, 5.74) is 8.00. The normalized spacial score (nSPS) is 14.2. The molecule has 3 aromatic heterocycles. The van der Waals surface area contributed by atoms with E-state index in [9.17, 15) is 9.18 Å². The van der Waals surface area contributed by atoms with Crippen molar-refractivity contribution in [1.82, 2.24) is 10.3 Å². The summed E-state index contributed by atoms with van der Waals surface area (Å²) in [6, 6.07) is 9.67. The van der Waals surface area contributed by atoms with Gasteiger partial charge in [0, 0.05) is 10.9 Å². The van der Waals surface area contributed by atoms with E-state index in [1.54, 1.807) is 29.2 Å². The van der Waals surface area contributed by atoms with Gasteiger partial charge in [0.05, 0.1) is 42.5 Å². The molecule has 1 saturated heterocycles. The summed E-state index contributed by atoms with van der Waals surface area (Å²) in [6.07, 6.45) is 1.59. The van der Waals surface area contributed by atoms with Crippen LogP contribution in [0, 0.1) is 5.82 Å². The summed E-state index contributed by atoms with van der Waals surface area (Å²) < 4.78 is 23.7. The van der Waals surface area contributed by atoms with Crippen LogP contribution in [0.25, 0.3) is 21.5 Å². The molecule has 9 nitrogen and oxygen atoms in total. The molecule has 1 aliphatic rings. The number of hydrogen-bond acceptors (Lipinski definition) is 8. The van der Waals surface area contributed by atoms with Crippen molar-refractivity contribution in [2.24, 2.45) is 0 Å². The van der Waals surface area contributed by atoms with Gasteiger partial charge in [-0.15, -0.1) is 16.3 Å². The summed E-state index contributed by atoms with van der Waals surface area (Å²) in [4.78, 5) is 19.9. The molecular weight excluding hydrogens is 423 g/mol. The minimum atomic E-state index is -0.408. The Morgan fingerprint density at radius 1 is 1.19 bits per heavy atom. The van der Waals surface area contributed by atoms with E-state index in [4.69, 9.17) is 15.0 Å². The topological polar surface area (TPSA) is 110 Å². The number of anilines is 2. The lowest BCUT2D eigenvalue weighted by atomic mass is 10.1. The lowest BCUT2D eigenvalue weighted by Gasteiger charge is -2.18. The monoisotopic (exact) mass is 441 g/mol. The number of nitrogens with two attached hydrogens (primary N) is 1. The third-order valence-electron chi connectivity index (χ3n) is 4.91. The summed E-state index contributed by atoms with van der Waals surface area (Å²) in [6.45, 7) is 2.56. The number of rotatable bonds is 4. The molecule has 31 heavy (non-hydrogen) atoms. The molecule has 0 bridgehead atoms. The van der Waals surface area contributed by atoms with Gasteiger partial charge in [0.2, 0.25) is 5.27 Å². The van der Waals surface area contributed by atoms with Crippen molar-refractivity contribution >= 4 is 39.0 Å². The van der Waals surface area contributed by atoms with Crippen molar-refractivity contribution in [2.75, 3.05) is 42.4 Å². The molecule has 1 aliphatic heterocycles. The smallest absolute Gasteiger partial charge is 0.306 e. The number of benzene rings is 1. The summed E-state index contributed by atoms with van der Waals surface area (Å²) >= 11 is 1.18. The summed E-state index contributed by atoms with van der Waals surface area (Å²) in [5, 5.41) is 9.24. The van der Waals surface area contributed by atoms with E-state index in [0.29, 0.717) is 52.8 Å². The Hall–Kier alpha value is -3.57. The Balaban J connectivity index is 1.38. The number of fused-ring (bicyclic) bond motifs is 1. The van der Waals surface area contributed by atoms with Crippen LogP contribution in [0.2, 0.25) is 0 Å². The molecule has 1 amide bonds. The van der Waals surface area contributed by atoms with E-state index in [0.717, 1.165) is 5.56 Å². The Kier molecular flexibility index (Phi) is 4.96. The second kappa shape index (κ2) is 7.93. The van der Waals surface area contributed by atoms with Crippen LogP contribution in [-0.2, 0) is 4.74 Å². The van der Waals surface area contributed by atoms with Crippen LogP contribution in [0.15, 0.2) is 47.1 Å². The molecule has 0 unspecified atom stereocenters. The minimum absolute atomic E-state index is 0.202. The van der Waals surface area contributed by atoms with Crippen LogP contribution in [0.5, 0.6) is 0 Å². The number of nitrogens with zero attached hydrogens (tertiary/aromatic N) is 4. The lowest BCUT2D eigenvalue weighted by Crippen LogP contribution is -2.62. The first-order valence-corrected chi connectivity index (χ1v) is 10.4. The first kappa shape index (κ1) is 19.4. The highest BCUT2D eigenvalue weighted by Gasteiger charge is 2.25. The molecule has 3 N–H and O–H groups in total. The number of ether oxygens (including phenoxy) is 1. The molecule has 11 heteroatoms. The zero-order chi connectivity index (χ0) is 21.4. The number of halogens is 1. The van der Waals surface area contributed by atoms with Gasteiger partial charge in [-0.2, -0.15) is 0 Å².